The van der Waals surface area contributed by atoms with Crippen LogP contribution >= 0.6 is 0 Å². The molecule has 0 fully saturated rings. The van der Waals surface area contributed by atoms with Gasteiger partial charge in [-0.05, 0) is 47.9 Å². The van der Waals surface area contributed by atoms with Gasteiger partial charge in [0.25, 0.3) is 5.91 Å². The van der Waals surface area contributed by atoms with Gasteiger partial charge in [-0.2, -0.15) is 0 Å². The molecule has 29 heavy (non-hydrogen) atoms. The molecule has 6 nitrogen and oxygen atoms in total. The molecule has 0 aliphatic carbocycles. The summed E-state index contributed by atoms with van der Waals surface area (Å²) in [6.45, 7) is 1.31. The molecule has 1 aromatic heterocycles. The van der Waals surface area contributed by atoms with Gasteiger partial charge < -0.3 is 15.0 Å². The Bertz CT molecular complexity index is 1050. The number of carbonyl (C=O) groups excluding carboxylic acids is 2. The number of nitrogens with one attached hydrogen (secondary N) is 1. The first kappa shape index (κ1) is 18.7. The molecule has 0 unspecified atom stereocenters. The molecule has 0 atom stereocenters. The zero-order valence-electron chi connectivity index (χ0n) is 16.1. The number of benzene rings is 2. The molecule has 2 aromatic carbocycles. The van der Waals surface area contributed by atoms with Gasteiger partial charge in [-0.15, -0.1) is 0 Å². The largest absolute Gasteiger partial charge is 0.465 e. The fourth-order valence-electron chi connectivity index (χ4n) is 3.45. The molecule has 0 saturated carbocycles. The van der Waals surface area contributed by atoms with Crippen molar-refractivity contribution >= 4 is 23.3 Å². The molecule has 2 heterocycles. The number of ether oxygens (including phenoxy) is 1. The second-order valence-electron chi connectivity index (χ2n) is 6.90. The summed E-state index contributed by atoms with van der Waals surface area (Å²) in [6.07, 6.45) is 4.12. The standard InChI is InChI=1S/C23H21N3O3/c1-29-23(28)17-6-8-20(9-7-17)25-21-12-19(13-24-14-21)22(27)26-11-10-16-4-2-3-5-18(16)15-26/h2-9,12-14,25H,10-11,15H2,1H3. The lowest BCUT2D eigenvalue weighted by atomic mass is 9.99. The fourth-order valence-corrected chi connectivity index (χ4v) is 3.45. The third-order valence-electron chi connectivity index (χ3n) is 5.00. The lowest BCUT2D eigenvalue weighted by molar-refractivity contribution is 0.0600. The molecule has 6 heteroatoms. The zero-order chi connectivity index (χ0) is 20.2. The van der Waals surface area contributed by atoms with Crippen molar-refractivity contribution in [1.82, 2.24) is 9.88 Å². The highest BCUT2D eigenvalue weighted by molar-refractivity contribution is 5.95. The van der Waals surface area contributed by atoms with Crippen molar-refractivity contribution in [2.75, 3.05) is 19.0 Å². The molecule has 1 aliphatic rings. The molecule has 1 aliphatic heterocycles. The number of hydrogen-bond donors (Lipinski definition) is 1. The van der Waals surface area contributed by atoms with Gasteiger partial charge in [0.1, 0.15) is 0 Å². The zero-order valence-corrected chi connectivity index (χ0v) is 16.1. The van der Waals surface area contributed by atoms with Gasteiger partial charge in [-0.25, -0.2) is 4.79 Å². The van der Waals surface area contributed by atoms with Gasteiger partial charge in [0, 0.05) is 25.0 Å². The summed E-state index contributed by atoms with van der Waals surface area (Å²) >= 11 is 0. The van der Waals surface area contributed by atoms with Crippen LogP contribution in [0.15, 0.2) is 67.0 Å². The van der Waals surface area contributed by atoms with E-state index in [0.29, 0.717) is 29.9 Å². The monoisotopic (exact) mass is 387 g/mol. The van der Waals surface area contributed by atoms with Gasteiger partial charge in [-0.1, -0.05) is 24.3 Å². The lowest BCUT2D eigenvalue weighted by Crippen LogP contribution is -2.36. The quantitative estimate of drug-likeness (QED) is 0.690. The highest BCUT2D eigenvalue weighted by Gasteiger charge is 2.22. The predicted octanol–water partition coefficient (Wildman–Crippen LogP) is 3.81. The minimum absolute atomic E-state index is 0.0308. The Balaban J connectivity index is 1.47. The number of anilines is 2. The summed E-state index contributed by atoms with van der Waals surface area (Å²) in [5, 5.41) is 3.22. The van der Waals surface area contributed by atoms with E-state index in [4.69, 9.17) is 4.74 Å². The van der Waals surface area contributed by atoms with Crippen molar-refractivity contribution in [2.24, 2.45) is 0 Å². The summed E-state index contributed by atoms with van der Waals surface area (Å²) in [5.41, 5.74) is 5.02. The minimum atomic E-state index is -0.381. The first-order chi connectivity index (χ1) is 14.1. The van der Waals surface area contributed by atoms with Crippen LogP contribution in [-0.2, 0) is 17.7 Å². The Morgan fingerprint density at radius 2 is 1.72 bits per heavy atom. The second-order valence-corrected chi connectivity index (χ2v) is 6.90. The number of amides is 1. The van der Waals surface area contributed by atoms with Gasteiger partial charge in [-0.3, -0.25) is 9.78 Å². The molecule has 3 aromatic rings. The van der Waals surface area contributed by atoms with Gasteiger partial charge in [0.2, 0.25) is 0 Å². The van der Waals surface area contributed by atoms with Crippen molar-refractivity contribution < 1.29 is 14.3 Å². The third-order valence-corrected chi connectivity index (χ3v) is 5.00. The summed E-state index contributed by atoms with van der Waals surface area (Å²) < 4.78 is 4.70. The molecule has 1 amide bonds. The van der Waals surface area contributed by atoms with Crippen LogP contribution in [0.1, 0.15) is 31.8 Å². The number of carbonyl (C=O) groups is 2. The number of aromatic nitrogens is 1. The van der Waals surface area contributed by atoms with Crippen molar-refractivity contribution in [3.63, 3.8) is 0 Å². The smallest absolute Gasteiger partial charge is 0.337 e. The Labute approximate surface area is 169 Å². The molecule has 0 radical (unpaired) electrons. The number of methoxy groups -OCH3 is 1. The normalized spacial score (nSPS) is 12.8. The molecule has 0 saturated heterocycles. The van der Waals surface area contributed by atoms with Crippen LogP contribution in [0.3, 0.4) is 0 Å². The van der Waals surface area contributed by atoms with Gasteiger partial charge in [0.05, 0.1) is 30.1 Å². The average molecular weight is 387 g/mol. The molecule has 1 N–H and O–H groups in total. The van der Waals surface area contributed by atoms with Crippen molar-refractivity contribution in [3.8, 4) is 0 Å². The van der Waals surface area contributed by atoms with Crippen molar-refractivity contribution in [3.05, 3.63) is 89.2 Å². The van der Waals surface area contributed by atoms with Crippen molar-refractivity contribution in [2.45, 2.75) is 13.0 Å². The van der Waals surface area contributed by atoms with Gasteiger partial charge >= 0.3 is 5.97 Å². The van der Waals surface area contributed by atoms with E-state index in [1.54, 1.807) is 42.7 Å². The third kappa shape index (κ3) is 4.11. The van der Waals surface area contributed by atoms with Crippen LogP contribution in [0.25, 0.3) is 0 Å². The van der Waals surface area contributed by atoms with Crippen LogP contribution in [0.4, 0.5) is 11.4 Å². The average Bonchev–Trinajstić information content (AvgIpc) is 2.78. The Morgan fingerprint density at radius 3 is 2.48 bits per heavy atom. The number of rotatable bonds is 4. The first-order valence-corrected chi connectivity index (χ1v) is 9.40. The number of nitrogens with zero attached hydrogens (tertiary/aromatic N) is 2. The Kier molecular flexibility index (Phi) is 5.24. The molecule has 0 spiro atoms. The van der Waals surface area contributed by atoms with Crippen molar-refractivity contribution in [1.29, 1.82) is 0 Å². The molecule has 0 bridgehead atoms. The number of esters is 1. The fraction of sp³-hybridized carbons (Fsp3) is 0.174. The van der Waals surface area contributed by atoms with E-state index in [2.05, 4.69) is 22.4 Å². The van der Waals surface area contributed by atoms with Crippen LogP contribution in [-0.4, -0.2) is 35.4 Å². The van der Waals surface area contributed by atoms with E-state index in [0.717, 1.165) is 12.1 Å². The summed E-state index contributed by atoms with van der Waals surface area (Å²) in [6, 6.07) is 17.0. The van der Waals surface area contributed by atoms with Crippen LogP contribution in [0.5, 0.6) is 0 Å². The molecular weight excluding hydrogens is 366 g/mol. The SMILES string of the molecule is COC(=O)c1ccc(Nc2cncc(C(=O)N3CCc4ccccc4C3)c2)cc1. The van der Waals surface area contributed by atoms with Crippen LogP contribution < -0.4 is 5.32 Å². The topological polar surface area (TPSA) is 71.5 Å². The van der Waals surface area contributed by atoms with E-state index in [-0.39, 0.29) is 11.9 Å². The summed E-state index contributed by atoms with van der Waals surface area (Å²) in [5.74, 6) is -0.411. The van der Waals surface area contributed by atoms with E-state index in [1.165, 1.54) is 18.2 Å². The maximum Gasteiger partial charge on any atom is 0.337 e. The minimum Gasteiger partial charge on any atom is -0.465 e. The number of hydrogen-bond acceptors (Lipinski definition) is 5. The van der Waals surface area contributed by atoms with E-state index in [9.17, 15) is 9.59 Å². The lowest BCUT2D eigenvalue weighted by Gasteiger charge is -2.29. The molecule has 146 valence electrons. The Hall–Kier alpha value is -3.67. The number of fused-ring (bicyclic) bond motifs is 1. The number of pyridine rings is 1. The second kappa shape index (κ2) is 8.14. The summed E-state index contributed by atoms with van der Waals surface area (Å²) in [4.78, 5) is 30.6. The molecule has 4 rings (SSSR count). The van der Waals surface area contributed by atoms with Gasteiger partial charge in [0.15, 0.2) is 0 Å². The Morgan fingerprint density at radius 1 is 0.966 bits per heavy atom. The van der Waals surface area contributed by atoms with E-state index < -0.39 is 0 Å². The van der Waals surface area contributed by atoms with Crippen LogP contribution in [0.2, 0.25) is 0 Å². The predicted molar refractivity (Wildman–Crippen MR) is 110 cm³/mol. The maximum absolute atomic E-state index is 13.0. The van der Waals surface area contributed by atoms with E-state index in [1.807, 2.05) is 17.0 Å². The summed E-state index contributed by atoms with van der Waals surface area (Å²) in [7, 11) is 1.35. The maximum atomic E-state index is 13.0. The molecular formula is C23H21N3O3. The highest BCUT2D eigenvalue weighted by atomic mass is 16.5. The first-order valence-electron chi connectivity index (χ1n) is 9.40. The van der Waals surface area contributed by atoms with E-state index >= 15 is 0 Å². The highest BCUT2D eigenvalue weighted by Crippen LogP contribution is 2.22. The van der Waals surface area contributed by atoms with Crippen LogP contribution in [0, 0.1) is 0 Å².